The molecule has 2 atom stereocenters. The van der Waals surface area contributed by atoms with Gasteiger partial charge in [-0.2, -0.15) is 0 Å². The first kappa shape index (κ1) is 17.2. The smallest absolute Gasteiger partial charge is 0.414 e. The monoisotopic (exact) mass is 349 g/mol. The predicted molar refractivity (Wildman–Crippen MR) is 89.5 cm³/mol. The van der Waals surface area contributed by atoms with Crippen LogP contribution in [0.1, 0.15) is 13.3 Å². The van der Waals surface area contributed by atoms with Crippen molar-refractivity contribution in [2.24, 2.45) is 0 Å². The fraction of sp³-hybridized carbons (Fsp3) is 0.471. The van der Waals surface area contributed by atoms with Gasteiger partial charge in [0.05, 0.1) is 19.6 Å². The van der Waals surface area contributed by atoms with Gasteiger partial charge in [-0.3, -0.25) is 14.5 Å². The fourth-order valence-corrected chi connectivity index (χ4v) is 2.96. The highest BCUT2D eigenvalue weighted by molar-refractivity contribution is 5.90. The summed E-state index contributed by atoms with van der Waals surface area (Å²) in [4.78, 5) is 37.5. The van der Waals surface area contributed by atoms with Crippen LogP contribution in [-0.4, -0.2) is 56.2 Å². The average molecular weight is 349 g/mol. The van der Waals surface area contributed by atoms with Gasteiger partial charge in [0.15, 0.2) is 12.0 Å². The van der Waals surface area contributed by atoms with Crippen molar-refractivity contribution in [1.29, 1.82) is 0 Å². The molecule has 0 saturated carbocycles. The molecule has 1 unspecified atom stereocenters. The number of ketones is 1. The molecular weight excluding hydrogens is 329 g/mol. The zero-order valence-electron chi connectivity index (χ0n) is 13.9. The summed E-state index contributed by atoms with van der Waals surface area (Å²) in [6, 6.07) is 7.13. The van der Waals surface area contributed by atoms with Crippen LogP contribution in [0.3, 0.4) is 0 Å². The van der Waals surface area contributed by atoms with Gasteiger partial charge in [0, 0.05) is 31.3 Å². The Morgan fingerprint density at radius 2 is 1.92 bits per heavy atom. The Labute approximate surface area is 144 Å². The number of nitrogens with one attached hydrogen (secondary N) is 1. The number of benzene rings is 1. The summed E-state index contributed by atoms with van der Waals surface area (Å²) in [7, 11) is 0. The standard InChI is InChI=1S/C17H20FN3O4/c1-11(22)19-8-14-9-21(17(24)25-14)13-4-2-12(3-5-13)20-7-6-16(23)15(18)10-20/h2-5,14-15H,6-10H2,1H3,(H,19,22)/t14-,15?/m0/s1. The van der Waals surface area contributed by atoms with Crippen LogP contribution in [0.2, 0.25) is 0 Å². The van der Waals surface area contributed by atoms with Gasteiger partial charge < -0.3 is 15.0 Å². The highest BCUT2D eigenvalue weighted by Crippen LogP contribution is 2.26. The van der Waals surface area contributed by atoms with E-state index in [4.69, 9.17) is 4.74 Å². The average Bonchev–Trinajstić information content (AvgIpc) is 2.96. The number of rotatable bonds is 4. The van der Waals surface area contributed by atoms with Gasteiger partial charge in [0.25, 0.3) is 0 Å². The maximum atomic E-state index is 13.6. The van der Waals surface area contributed by atoms with E-state index in [2.05, 4.69) is 5.32 Å². The van der Waals surface area contributed by atoms with E-state index >= 15 is 0 Å². The molecule has 3 rings (SSSR count). The van der Waals surface area contributed by atoms with Crippen molar-refractivity contribution < 1.29 is 23.5 Å². The Morgan fingerprint density at radius 1 is 1.24 bits per heavy atom. The molecule has 2 saturated heterocycles. The molecule has 0 bridgehead atoms. The minimum absolute atomic E-state index is 0.0583. The fourth-order valence-electron chi connectivity index (χ4n) is 2.96. The number of carbonyl (C=O) groups is 3. The first-order valence-electron chi connectivity index (χ1n) is 8.18. The highest BCUT2D eigenvalue weighted by Gasteiger charge is 2.32. The minimum Gasteiger partial charge on any atom is -0.442 e. The van der Waals surface area contributed by atoms with E-state index in [1.54, 1.807) is 24.3 Å². The first-order valence-corrected chi connectivity index (χ1v) is 8.18. The summed E-state index contributed by atoms with van der Waals surface area (Å²) >= 11 is 0. The second-order valence-corrected chi connectivity index (χ2v) is 6.20. The molecule has 1 N–H and O–H groups in total. The van der Waals surface area contributed by atoms with Crippen LogP contribution in [0.15, 0.2) is 24.3 Å². The molecular formula is C17H20FN3O4. The number of Topliss-reactive ketones (excluding diaryl/α,β-unsaturated/α-hetero) is 1. The quantitative estimate of drug-likeness (QED) is 0.885. The summed E-state index contributed by atoms with van der Waals surface area (Å²) in [5.41, 5.74) is 1.48. The number of halogens is 1. The number of cyclic esters (lactones) is 1. The minimum atomic E-state index is -1.45. The van der Waals surface area contributed by atoms with Crippen LogP contribution in [0.25, 0.3) is 0 Å². The van der Waals surface area contributed by atoms with E-state index in [-0.39, 0.29) is 31.2 Å². The number of piperidine rings is 1. The topological polar surface area (TPSA) is 79.0 Å². The Morgan fingerprint density at radius 3 is 2.56 bits per heavy atom. The van der Waals surface area contributed by atoms with Gasteiger partial charge in [-0.05, 0) is 24.3 Å². The normalized spacial score (nSPS) is 23.6. The zero-order chi connectivity index (χ0) is 18.0. The lowest BCUT2D eigenvalue weighted by atomic mass is 10.1. The number of alkyl halides is 1. The van der Waals surface area contributed by atoms with E-state index in [0.717, 1.165) is 5.69 Å². The number of nitrogens with zero attached hydrogens (tertiary/aromatic N) is 2. The van der Waals surface area contributed by atoms with Gasteiger partial charge in [-0.15, -0.1) is 0 Å². The van der Waals surface area contributed by atoms with Crippen LogP contribution in [-0.2, 0) is 14.3 Å². The lowest BCUT2D eigenvalue weighted by Crippen LogP contribution is -2.42. The van der Waals surface area contributed by atoms with Gasteiger partial charge >= 0.3 is 6.09 Å². The summed E-state index contributed by atoms with van der Waals surface area (Å²) < 4.78 is 18.8. The lowest BCUT2D eigenvalue weighted by Gasteiger charge is -2.30. The van der Waals surface area contributed by atoms with Crippen LogP contribution in [0.5, 0.6) is 0 Å². The van der Waals surface area contributed by atoms with Crippen LogP contribution < -0.4 is 15.1 Å². The number of anilines is 2. The van der Waals surface area contributed by atoms with Crippen molar-refractivity contribution in [2.75, 3.05) is 36.0 Å². The lowest BCUT2D eigenvalue weighted by molar-refractivity contribution is -0.124. The van der Waals surface area contributed by atoms with Gasteiger partial charge in [0.2, 0.25) is 5.91 Å². The van der Waals surface area contributed by atoms with Crippen molar-refractivity contribution >= 4 is 29.2 Å². The third-order valence-electron chi connectivity index (χ3n) is 4.34. The van der Waals surface area contributed by atoms with E-state index < -0.39 is 18.4 Å². The molecule has 2 fully saturated rings. The van der Waals surface area contributed by atoms with Crippen molar-refractivity contribution in [3.8, 4) is 0 Å². The van der Waals surface area contributed by atoms with Crippen molar-refractivity contribution in [1.82, 2.24) is 5.32 Å². The third kappa shape index (κ3) is 3.89. The predicted octanol–water partition coefficient (Wildman–Crippen LogP) is 1.27. The molecule has 2 amide bonds. The van der Waals surface area contributed by atoms with Gasteiger partial charge in [-0.1, -0.05) is 0 Å². The Bertz CT molecular complexity index is 679. The molecule has 2 aliphatic rings. The molecule has 134 valence electrons. The zero-order valence-corrected chi connectivity index (χ0v) is 13.9. The molecule has 0 aromatic heterocycles. The van der Waals surface area contributed by atoms with Crippen LogP contribution >= 0.6 is 0 Å². The van der Waals surface area contributed by atoms with E-state index in [1.807, 2.05) is 4.90 Å². The first-order chi connectivity index (χ1) is 11.9. The molecule has 2 heterocycles. The van der Waals surface area contributed by atoms with E-state index in [0.29, 0.717) is 18.8 Å². The van der Waals surface area contributed by atoms with Gasteiger partial charge in [0.1, 0.15) is 6.10 Å². The van der Waals surface area contributed by atoms with Crippen LogP contribution in [0.4, 0.5) is 20.6 Å². The summed E-state index contributed by atoms with van der Waals surface area (Å²) in [6.45, 7) is 2.58. The SMILES string of the molecule is CC(=O)NC[C@H]1CN(c2ccc(N3CCC(=O)C(F)C3)cc2)C(=O)O1. The summed E-state index contributed by atoms with van der Waals surface area (Å²) in [5.74, 6) is -0.525. The molecule has 0 aliphatic carbocycles. The molecule has 8 heteroatoms. The maximum Gasteiger partial charge on any atom is 0.414 e. The van der Waals surface area contributed by atoms with E-state index in [1.165, 1.54) is 11.8 Å². The molecule has 1 aromatic rings. The number of amides is 2. The largest absolute Gasteiger partial charge is 0.442 e. The van der Waals surface area contributed by atoms with Gasteiger partial charge in [-0.25, -0.2) is 9.18 Å². The Balaban J connectivity index is 1.63. The number of hydrogen-bond acceptors (Lipinski definition) is 5. The van der Waals surface area contributed by atoms with Crippen molar-refractivity contribution in [2.45, 2.75) is 25.6 Å². The Kier molecular flexibility index (Phi) is 4.87. The summed E-state index contributed by atoms with van der Waals surface area (Å²) in [5, 5.41) is 2.63. The summed E-state index contributed by atoms with van der Waals surface area (Å²) in [6.07, 6.45) is -2.10. The van der Waals surface area contributed by atoms with Crippen LogP contribution in [0, 0.1) is 0 Å². The molecule has 0 radical (unpaired) electrons. The Hall–Kier alpha value is -2.64. The maximum absolute atomic E-state index is 13.6. The molecule has 1 aromatic carbocycles. The number of hydrogen-bond donors (Lipinski definition) is 1. The molecule has 25 heavy (non-hydrogen) atoms. The van der Waals surface area contributed by atoms with Crippen molar-refractivity contribution in [3.05, 3.63) is 24.3 Å². The van der Waals surface area contributed by atoms with Crippen molar-refractivity contribution in [3.63, 3.8) is 0 Å². The second kappa shape index (κ2) is 7.08. The van der Waals surface area contributed by atoms with E-state index in [9.17, 15) is 18.8 Å². The molecule has 2 aliphatic heterocycles. The molecule has 7 nitrogen and oxygen atoms in total. The molecule has 0 spiro atoms. The second-order valence-electron chi connectivity index (χ2n) is 6.20. The highest BCUT2D eigenvalue weighted by atomic mass is 19.1. The number of ether oxygens (including phenoxy) is 1. The number of carbonyl (C=O) groups excluding carboxylic acids is 3. The third-order valence-corrected chi connectivity index (χ3v) is 4.34.